The number of benzene rings is 1. The van der Waals surface area contributed by atoms with Gasteiger partial charge in [0.25, 0.3) is 0 Å². The average molecular weight is 483 g/mol. The normalized spacial score (nSPS) is 38.3. The maximum atomic E-state index is 13.2. The number of nitrogens with one attached hydrogen (secondary N) is 1. The van der Waals surface area contributed by atoms with Gasteiger partial charge in [0.05, 0.1) is 7.11 Å². The minimum atomic E-state index is -0.543. The van der Waals surface area contributed by atoms with Crippen molar-refractivity contribution in [2.75, 3.05) is 20.3 Å². The summed E-state index contributed by atoms with van der Waals surface area (Å²) >= 11 is 0. The van der Waals surface area contributed by atoms with E-state index in [9.17, 15) is 9.90 Å². The first kappa shape index (κ1) is 23.6. The Hall–Kier alpha value is -1.79. The Morgan fingerprint density at radius 3 is 2.23 bits per heavy atom. The van der Waals surface area contributed by atoms with Crippen molar-refractivity contribution >= 4 is 5.91 Å². The van der Waals surface area contributed by atoms with Crippen LogP contribution in [0.5, 0.6) is 11.5 Å². The van der Waals surface area contributed by atoms with E-state index in [4.69, 9.17) is 9.47 Å². The predicted octanol–water partition coefficient (Wildman–Crippen LogP) is 4.15. The highest BCUT2D eigenvalue weighted by Gasteiger charge is 2.51. The number of fused-ring (bicyclic) bond motifs is 2. The van der Waals surface area contributed by atoms with Gasteiger partial charge in [-0.3, -0.25) is 9.69 Å². The van der Waals surface area contributed by atoms with E-state index in [0.29, 0.717) is 48.4 Å². The quantitative estimate of drug-likeness (QED) is 0.553. The fourth-order valence-corrected chi connectivity index (χ4v) is 8.94. The molecule has 6 fully saturated rings. The molecule has 6 heteroatoms. The lowest BCUT2D eigenvalue weighted by Crippen LogP contribution is -2.60. The number of amides is 1. The molecule has 2 N–H and O–H groups in total. The molecular weight excluding hydrogens is 440 g/mol. The van der Waals surface area contributed by atoms with Gasteiger partial charge in [0.2, 0.25) is 5.91 Å². The van der Waals surface area contributed by atoms with Crippen LogP contribution in [-0.4, -0.2) is 59.9 Å². The van der Waals surface area contributed by atoms with Crippen molar-refractivity contribution < 1.29 is 19.4 Å². The zero-order valence-corrected chi connectivity index (χ0v) is 21.2. The van der Waals surface area contributed by atoms with Gasteiger partial charge in [-0.15, -0.1) is 0 Å². The number of aliphatic hydroxyl groups excluding tert-OH is 1. The predicted molar refractivity (Wildman–Crippen MR) is 134 cm³/mol. The van der Waals surface area contributed by atoms with E-state index in [1.807, 2.05) is 24.3 Å². The molecule has 6 nitrogen and oxygen atoms in total. The molecule has 4 saturated carbocycles. The Balaban J connectivity index is 0.985. The lowest BCUT2D eigenvalue weighted by atomic mass is 9.53. The summed E-state index contributed by atoms with van der Waals surface area (Å²) in [5.41, 5.74) is 0.122. The second-order valence-electron chi connectivity index (χ2n) is 12.5. The van der Waals surface area contributed by atoms with Crippen LogP contribution in [0.25, 0.3) is 0 Å². The second kappa shape index (κ2) is 9.59. The molecule has 6 aliphatic rings. The highest BCUT2D eigenvalue weighted by molar-refractivity contribution is 5.77. The van der Waals surface area contributed by atoms with Crippen LogP contribution in [0.15, 0.2) is 24.3 Å². The molecule has 2 saturated heterocycles. The molecule has 2 aliphatic heterocycles. The highest BCUT2D eigenvalue weighted by atomic mass is 16.5. The molecule has 4 atom stereocenters. The van der Waals surface area contributed by atoms with Crippen LogP contribution in [0.1, 0.15) is 70.6 Å². The molecule has 192 valence electrons. The zero-order valence-electron chi connectivity index (χ0n) is 21.2. The maximum absolute atomic E-state index is 13.2. The van der Waals surface area contributed by atoms with E-state index in [2.05, 4.69) is 10.2 Å². The van der Waals surface area contributed by atoms with Gasteiger partial charge in [-0.1, -0.05) is 12.1 Å². The first-order valence-electron chi connectivity index (χ1n) is 14.0. The molecule has 6 bridgehead atoms. The van der Waals surface area contributed by atoms with Crippen LogP contribution >= 0.6 is 0 Å². The van der Waals surface area contributed by atoms with Gasteiger partial charge in [0.15, 0.2) is 11.5 Å². The summed E-state index contributed by atoms with van der Waals surface area (Å²) in [6, 6.07) is 8.52. The second-order valence-corrected chi connectivity index (χ2v) is 12.5. The SMILES string of the molecule is COc1ccccc1OCC(O)CN1[C@@H]2CC[C@H]1CC(CC(=O)NC13CC4CC(CC(C4)C1)C3)C2. The van der Waals surface area contributed by atoms with Gasteiger partial charge >= 0.3 is 0 Å². The third kappa shape index (κ3) is 4.93. The number of para-hydroxylation sites is 2. The van der Waals surface area contributed by atoms with Crippen LogP contribution in [0.2, 0.25) is 0 Å². The Bertz CT molecular complexity index is 870. The van der Waals surface area contributed by atoms with Gasteiger partial charge in [0, 0.05) is 30.6 Å². The molecule has 1 amide bonds. The molecule has 7 rings (SSSR count). The highest BCUT2D eigenvalue weighted by Crippen LogP contribution is 2.55. The van der Waals surface area contributed by atoms with E-state index < -0.39 is 6.10 Å². The summed E-state index contributed by atoms with van der Waals surface area (Å²) in [7, 11) is 1.63. The number of carbonyl (C=O) groups excluding carboxylic acids is 1. The van der Waals surface area contributed by atoms with Gasteiger partial charge in [-0.05, 0) is 100 Å². The Morgan fingerprint density at radius 1 is 1.03 bits per heavy atom. The molecule has 0 aromatic heterocycles. The van der Waals surface area contributed by atoms with Crippen LogP contribution in [0.4, 0.5) is 0 Å². The summed E-state index contributed by atoms with van der Waals surface area (Å²) in [6.07, 6.45) is 12.6. The minimum absolute atomic E-state index is 0.122. The van der Waals surface area contributed by atoms with Crippen molar-refractivity contribution in [1.29, 1.82) is 0 Å². The summed E-state index contributed by atoms with van der Waals surface area (Å²) in [5.74, 6) is 4.71. The van der Waals surface area contributed by atoms with E-state index >= 15 is 0 Å². The molecule has 2 heterocycles. The van der Waals surface area contributed by atoms with Gasteiger partial charge < -0.3 is 19.9 Å². The Morgan fingerprint density at radius 2 is 1.63 bits per heavy atom. The van der Waals surface area contributed by atoms with Crippen LogP contribution in [0, 0.1) is 23.7 Å². The summed E-state index contributed by atoms with van der Waals surface area (Å²) in [5, 5.41) is 14.3. The molecule has 35 heavy (non-hydrogen) atoms. The first-order valence-corrected chi connectivity index (χ1v) is 14.0. The minimum Gasteiger partial charge on any atom is -0.493 e. The number of rotatable bonds is 9. The number of hydrogen-bond donors (Lipinski definition) is 2. The number of hydrogen-bond acceptors (Lipinski definition) is 5. The number of nitrogens with zero attached hydrogens (tertiary/aromatic N) is 1. The van der Waals surface area contributed by atoms with E-state index in [-0.39, 0.29) is 12.1 Å². The van der Waals surface area contributed by atoms with Crippen LogP contribution < -0.4 is 14.8 Å². The third-order valence-electron chi connectivity index (χ3n) is 9.82. The summed E-state index contributed by atoms with van der Waals surface area (Å²) in [4.78, 5) is 15.7. The zero-order chi connectivity index (χ0) is 24.0. The lowest BCUT2D eigenvalue weighted by molar-refractivity contribution is -0.128. The third-order valence-corrected chi connectivity index (χ3v) is 9.82. The molecule has 0 radical (unpaired) electrons. The number of ether oxygens (including phenoxy) is 2. The van der Waals surface area contributed by atoms with Crippen molar-refractivity contribution in [1.82, 2.24) is 10.2 Å². The molecule has 1 aromatic rings. The number of methoxy groups -OCH3 is 1. The largest absolute Gasteiger partial charge is 0.493 e. The standard InChI is InChI=1S/C29H42N2O4/c1-34-26-4-2-3-5-27(26)35-18-25(32)17-31-23-6-7-24(31)12-19(11-23)13-28(33)30-29-14-20-8-21(15-29)10-22(9-20)16-29/h2-5,19-25,32H,6-18H2,1H3,(H,30,33)/t19?,20?,21?,22?,23-,24+,25?,29?. The van der Waals surface area contributed by atoms with Gasteiger partial charge in [-0.25, -0.2) is 0 Å². The van der Waals surface area contributed by atoms with Gasteiger partial charge in [-0.2, -0.15) is 0 Å². The topological polar surface area (TPSA) is 71.0 Å². The Labute approximate surface area is 209 Å². The first-order chi connectivity index (χ1) is 17.0. The molecular formula is C29H42N2O4. The average Bonchev–Trinajstić information content (AvgIpc) is 3.04. The maximum Gasteiger partial charge on any atom is 0.220 e. The van der Waals surface area contributed by atoms with Crippen molar-refractivity contribution in [2.45, 2.75) is 94.4 Å². The van der Waals surface area contributed by atoms with E-state index in [1.165, 1.54) is 51.4 Å². The monoisotopic (exact) mass is 482 g/mol. The van der Waals surface area contributed by atoms with Crippen LogP contribution in [0.3, 0.4) is 0 Å². The number of piperidine rings is 1. The van der Waals surface area contributed by atoms with E-state index in [0.717, 1.165) is 30.6 Å². The number of aliphatic hydroxyl groups is 1. The van der Waals surface area contributed by atoms with Crippen molar-refractivity contribution in [3.05, 3.63) is 24.3 Å². The van der Waals surface area contributed by atoms with Gasteiger partial charge in [0.1, 0.15) is 12.7 Å². The fraction of sp³-hybridized carbons (Fsp3) is 0.759. The Kier molecular flexibility index (Phi) is 6.46. The molecule has 0 spiro atoms. The molecule has 4 aliphatic carbocycles. The lowest BCUT2D eigenvalue weighted by Gasteiger charge is -2.57. The van der Waals surface area contributed by atoms with Crippen molar-refractivity contribution in [3.63, 3.8) is 0 Å². The van der Waals surface area contributed by atoms with E-state index in [1.54, 1.807) is 7.11 Å². The van der Waals surface area contributed by atoms with Crippen molar-refractivity contribution in [2.24, 2.45) is 23.7 Å². The molecule has 2 unspecified atom stereocenters. The number of carbonyl (C=O) groups is 1. The van der Waals surface area contributed by atoms with Crippen molar-refractivity contribution in [3.8, 4) is 11.5 Å². The smallest absolute Gasteiger partial charge is 0.220 e. The fourth-order valence-electron chi connectivity index (χ4n) is 8.94. The summed E-state index contributed by atoms with van der Waals surface area (Å²) in [6.45, 7) is 0.893. The molecule has 1 aromatic carbocycles. The van der Waals surface area contributed by atoms with Crippen LogP contribution in [-0.2, 0) is 4.79 Å². The summed E-state index contributed by atoms with van der Waals surface area (Å²) < 4.78 is 11.2.